The van der Waals surface area contributed by atoms with Crippen LogP contribution in [0.1, 0.15) is 18.6 Å². The summed E-state index contributed by atoms with van der Waals surface area (Å²) in [5, 5.41) is 0.548. The lowest BCUT2D eigenvalue weighted by atomic mass is 10.1. The Morgan fingerprint density at radius 2 is 1.93 bits per heavy atom. The van der Waals surface area contributed by atoms with E-state index in [2.05, 4.69) is 0 Å². The van der Waals surface area contributed by atoms with Crippen LogP contribution in [0.25, 0.3) is 0 Å². The van der Waals surface area contributed by atoms with Gasteiger partial charge in [-0.05, 0) is 13.0 Å². The Kier molecular flexibility index (Phi) is 4.20. The molecular formula is C10H14ClNO3. The zero-order chi connectivity index (χ0) is 11.4. The zero-order valence-electron chi connectivity index (χ0n) is 8.91. The molecule has 0 aliphatic rings. The van der Waals surface area contributed by atoms with Crippen molar-refractivity contribution in [3.8, 4) is 11.5 Å². The molecule has 15 heavy (non-hydrogen) atoms. The average molecular weight is 232 g/mol. The molecule has 84 valence electrons. The smallest absolute Gasteiger partial charge is 0.166 e. The Bertz CT molecular complexity index is 344. The van der Waals surface area contributed by atoms with Crippen LogP contribution in [0.3, 0.4) is 0 Å². The highest BCUT2D eigenvalue weighted by molar-refractivity contribution is 6.30. The zero-order valence-corrected chi connectivity index (χ0v) is 9.67. The Labute approximate surface area is 93.8 Å². The van der Waals surface area contributed by atoms with Crippen LogP contribution >= 0.6 is 11.6 Å². The first-order valence-corrected chi connectivity index (χ1v) is 4.78. The Morgan fingerprint density at radius 3 is 2.40 bits per heavy atom. The van der Waals surface area contributed by atoms with Crippen LogP contribution in [0.5, 0.6) is 11.5 Å². The van der Waals surface area contributed by atoms with Crippen molar-refractivity contribution in [1.29, 1.82) is 0 Å². The van der Waals surface area contributed by atoms with Crippen LogP contribution < -0.4 is 15.4 Å². The van der Waals surface area contributed by atoms with Crippen LogP contribution in [0.4, 0.5) is 0 Å². The summed E-state index contributed by atoms with van der Waals surface area (Å²) in [5.41, 5.74) is 0.754. The minimum Gasteiger partial charge on any atom is -0.493 e. The predicted octanol–water partition coefficient (Wildman–Crippen LogP) is 2.31. The third-order valence-electron chi connectivity index (χ3n) is 2.11. The second-order valence-electron chi connectivity index (χ2n) is 3.01. The van der Waals surface area contributed by atoms with Crippen molar-refractivity contribution in [3.05, 3.63) is 22.7 Å². The standard InChI is InChI=1S/C10H14ClNO3/c1-6(15-12)8-4-7(11)5-9(13-2)10(8)14-3/h4-6H,12H2,1-3H3. The van der Waals surface area contributed by atoms with Crippen molar-refractivity contribution in [2.45, 2.75) is 13.0 Å². The van der Waals surface area contributed by atoms with Gasteiger partial charge in [-0.1, -0.05) is 11.6 Å². The van der Waals surface area contributed by atoms with Crippen LogP contribution in [-0.4, -0.2) is 14.2 Å². The van der Waals surface area contributed by atoms with Gasteiger partial charge in [0.2, 0.25) is 0 Å². The summed E-state index contributed by atoms with van der Waals surface area (Å²) in [7, 11) is 3.10. The summed E-state index contributed by atoms with van der Waals surface area (Å²) >= 11 is 5.93. The number of nitrogens with two attached hydrogens (primary N) is 1. The van der Waals surface area contributed by atoms with E-state index in [1.54, 1.807) is 33.3 Å². The van der Waals surface area contributed by atoms with Crippen molar-refractivity contribution < 1.29 is 14.3 Å². The number of rotatable bonds is 4. The van der Waals surface area contributed by atoms with Gasteiger partial charge in [0.1, 0.15) is 6.10 Å². The molecule has 1 atom stereocenters. The van der Waals surface area contributed by atoms with Gasteiger partial charge in [-0.15, -0.1) is 0 Å². The molecule has 0 saturated heterocycles. The molecule has 0 aliphatic carbocycles. The summed E-state index contributed by atoms with van der Waals surface area (Å²) in [6.07, 6.45) is -0.312. The highest BCUT2D eigenvalue weighted by atomic mass is 35.5. The van der Waals surface area contributed by atoms with Gasteiger partial charge < -0.3 is 9.47 Å². The van der Waals surface area contributed by atoms with Crippen molar-refractivity contribution in [2.24, 2.45) is 5.90 Å². The third-order valence-corrected chi connectivity index (χ3v) is 2.33. The number of methoxy groups -OCH3 is 2. The second-order valence-corrected chi connectivity index (χ2v) is 3.45. The first-order valence-electron chi connectivity index (χ1n) is 4.41. The minimum absolute atomic E-state index is 0.312. The molecule has 1 aromatic rings. The van der Waals surface area contributed by atoms with E-state index in [1.807, 2.05) is 0 Å². The van der Waals surface area contributed by atoms with Gasteiger partial charge in [0.25, 0.3) is 0 Å². The maximum atomic E-state index is 5.93. The van der Waals surface area contributed by atoms with E-state index in [9.17, 15) is 0 Å². The number of benzene rings is 1. The van der Waals surface area contributed by atoms with Crippen LogP contribution in [0.15, 0.2) is 12.1 Å². The molecule has 0 aliphatic heterocycles. The Balaban J connectivity index is 3.28. The molecule has 0 radical (unpaired) electrons. The van der Waals surface area contributed by atoms with E-state index in [0.29, 0.717) is 16.5 Å². The van der Waals surface area contributed by atoms with E-state index >= 15 is 0 Å². The molecule has 0 fully saturated rings. The van der Waals surface area contributed by atoms with Gasteiger partial charge in [-0.25, -0.2) is 5.90 Å². The van der Waals surface area contributed by atoms with Crippen molar-refractivity contribution >= 4 is 11.6 Å². The minimum atomic E-state index is -0.312. The molecule has 1 aromatic carbocycles. The summed E-state index contributed by atoms with van der Waals surface area (Å²) < 4.78 is 10.4. The number of hydrogen-bond acceptors (Lipinski definition) is 4. The van der Waals surface area contributed by atoms with Crippen LogP contribution in [0.2, 0.25) is 5.02 Å². The van der Waals surface area contributed by atoms with Gasteiger partial charge in [0.05, 0.1) is 14.2 Å². The van der Waals surface area contributed by atoms with Crippen molar-refractivity contribution in [3.63, 3.8) is 0 Å². The lowest BCUT2D eigenvalue weighted by Gasteiger charge is -2.16. The third kappa shape index (κ3) is 2.53. The van der Waals surface area contributed by atoms with Crippen molar-refractivity contribution in [1.82, 2.24) is 0 Å². The highest BCUT2D eigenvalue weighted by Crippen LogP contribution is 2.38. The summed E-state index contributed by atoms with van der Waals surface area (Å²) in [6, 6.07) is 3.41. The monoisotopic (exact) mass is 231 g/mol. The van der Waals surface area contributed by atoms with E-state index in [-0.39, 0.29) is 6.10 Å². The predicted molar refractivity (Wildman–Crippen MR) is 58.2 cm³/mol. The fourth-order valence-electron chi connectivity index (χ4n) is 1.33. The molecule has 0 spiro atoms. The van der Waals surface area contributed by atoms with Crippen LogP contribution in [-0.2, 0) is 4.84 Å². The van der Waals surface area contributed by atoms with Crippen LogP contribution in [0, 0.1) is 0 Å². The molecule has 4 nitrogen and oxygen atoms in total. The maximum Gasteiger partial charge on any atom is 0.166 e. The molecule has 5 heteroatoms. The number of halogens is 1. The number of hydrogen-bond donors (Lipinski definition) is 1. The molecule has 0 amide bonds. The first-order chi connectivity index (χ1) is 7.13. The van der Waals surface area contributed by atoms with Gasteiger partial charge in [0, 0.05) is 16.7 Å². The van der Waals surface area contributed by atoms with E-state index in [1.165, 1.54) is 0 Å². The van der Waals surface area contributed by atoms with Gasteiger partial charge in [0.15, 0.2) is 11.5 Å². The second kappa shape index (κ2) is 5.21. The summed E-state index contributed by atoms with van der Waals surface area (Å²) in [6.45, 7) is 1.80. The maximum absolute atomic E-state index is 5.93. The lowest BCUT2D eigenvalue weighted by Crippen LogP contribution is -2.07. The fraction of sp³-hybridized carbons (Fsp3) is 0.400. The Morgan fingerprint density at radius 1 is 1.27 bits per heavy atom. The SMILES string of the molecule is COc1cc(Cl)cc(C(C)ON)c1OC. The van der Waals surface area contributed by atoms with E-state index < -0.39 is 0 Å². The normalized spacial score (nSPS) is 12.3. The average Bonchev–Trinajstić information content (AvgIpc) is 2.26. The molecule has 1 unspecified atom stereocenters. The molecule has 2 N–H and O–H groups in total. The molecule has 0 aromatic heterocycles. The van der Waals surface area contributed by atoms with E-state index in [4.69, 9.17) is 31.8 Å². The van der Waals surface area contributed by atoms with Gasteiger partial charge in [-0.3, -0.25) is 4.84 Å². The quantitative estimate of drug-likeness (QED) is 0.808. The highest BCUT2D eigenvalue weighted by Gasteiger charge is 2.17. The first kappa shape index (κ1) is 12.1. The van der Waals surface area contributed by atoms with E-state index in [0.717, 1.165) is 5.56 Å². The molecule has 0 bridgehead atoms. The lowest BCUT2D eigenvalue weighted by molar-refractivity contribution is 0.0643. The molecule has 0 saturated carbocycles. The number of ether oxygens (including phenoxy) is 2. The molecular weight excluding hydrogens is 218 g/mol. The fourth-order valence-corrected chi connectivity index (χ4v) is 1.55. The molecule has 1 rings (SSSR count). The largest absolute Gasteiger partial charge is 0.493 e. The van der Waals surface area contributed by atoms with Gasteiger partial charge >= 0.3 is 0 Å². The summed E-state index contributed by atoms with van der Waals surface area (Å²) in [4.78, 5) is 4.74. The van der Waals surface area contributed by atoms with Gasteiger partial charge in [-0.2, -0.15) is 0 Å². The summed E-state index contributed by atoms with van der Waals surface area (Å²) in [5.74, 6) is 6.27. The Hall–Kier alpha value is -0.970. The van der Waals surface area contributed by atoms with Crippen molar-refractivity contribution in [2.75, 3.05) is 14.2 Å². The molecule has 0 heterocycles. The topological polar surface area (TPSA) is 53.7 Å².